The molecule has 2 heterocycles. The lowest BCUT2D eigenvalue weighted by Crippen LogP contribution is -2.20. The zero-order valence-corrected chi connectivity index (χ0v) is 11.1. The van der Waals surface area contributed by atoms with Gasteiger partial charge in [0.05, 0.1) is 12.2 Å². The first-order chi connectivity index (χ1) is 9.81. The number of aromatic amines is 1. The number of H-pyrrole nitrogens is 1. The van der Waals surface area contributed by atoms with Crippen LogP contribution in [0.25, 0.3) is 10.9 Å². The maximum absolute atomic E-state index is 12.0. The third kappa shape index (κ3) is 2.07. The minimum absolute atomic E-state index is 0.278. The van der Waals surface area contributed by atoms with Gasteiger partial charge in [-0.15, -0.1) is 0 Å². The SMILES string of the molecule is CCOC(=O)C1=CCON=C1c1c[nH]c2ccccc12. The molecule has 1 aliphatic heterocycles. The van der Waals surface area contributed by atoms with Gasteiger partial charge in [0.25, 0.3) is 0 Å². The van der Waals surface area contributed by atoms with Gasteiger partial charge in [-0.05, 0) is 19.1 Å². The van der Waals surface area contributed by atoms with E-state index in [-0.39, 0.29) is 12.6 Å². The zero-order chi connectivity index (χ0) is 13.9. The van der Waals surface area contributed by atoms with Crippen LogP contribution in [-0.2, 0) is 14.4 Å². The number of hydrogen-bond acceptors (Lipinski definition) is 4. The number of hydrogen-bond donors (Lipinski definition) is 1. The number of nitrogens with zero attached hydrogens (tertiary/aromatic N) is 1. The molecular weight excluding hydrogens is 256 g/mol. The highest BCUT2D eigenvalue weighted by atomic mass is 16.6. The van der Waals surface area contributed by atoms with Gasteiger partial charge >= 0.3 is 5.97 Å². The van der Waals surface area contributed by atoms with Crippen molar-refractivity contribution in [1.29, 1.82) is 0 Å². The first kappa shape index (κ1) is 12.5. The van der Waals surface area contributed by atoms with Gasteiger partial charge in [-0.1, -0.05) is 23.4 Å². The molecule has 2 aromatic rings. The van der Waals surface area contributed by atoms with Crippen molar-refractivity contribution in [3.63, 3.8) is 0 Å². The third-order valence-corrected chi connectivity index (χ3v) is 3.11. The Morgan fingerprint density at radius 1 is 1.45 bits per heavy atom. The van der Waals surface area contributed by atoms with Gasteiger partial charge in [-0.3, -0.25) is 0 Å². The number of carbonyl (C=O) groups excluding carboxylic acids is 1. The molecule has 0 atom stereocenters. The number of ether oxygens (including phenoxy) is 1. The Hall–Kier alpha value is -2.56. The molecule has 0 amide bonds. The lowest BCUT2D eigenvalue weighted by molar-refractivity contribution is -0.138. The van der Waals surface area contributed by atoms with E-state index in [0.717, 1.165) is 16.5 Å². The van der Waals surface area contributed by atoms with E-state index in [4.69, 9.17) is 9.57 Å². The van der Waals surface area contributed by atoms with Crippen LogP contribution in [0.1, 0.15) is 12.5 Å². The standard InChI is InChI=1S/C15H14N2O3/c1-2-19-15(18)11-7-8-20-17-14(11)12-9-16-13-6-4-3-5-10(12)13/h3-7,9,16H,2,8H2,1H3. The lowest BCUT2D eigenvalue weighted by Gasteiger charge is -2.13. The van der Waals surface area contributed by atoms with Crippen LogP contribution in [0.3, 0.4) is 0 Å². The van der Waals surface area contributed by atoms with Crippen molar-refractivity contribution in [3.8, 4) is 0 Å². The van der Waals surface area contributed by atoms with E-state index in [1.165, 1.54) is 0 Å². The van der Waals surface area contributed by atoms with E-state index in [9.17, 15) is 4.79 Å². The van der Waals surface area contributed by atoms with Crippen molar-refractivity contribution in [2.75, 3.05) is 13.2 Å². The van der Waals surface area contributed by atoms with E-state index >= 15 is 0 Å². The summed E-state index contributed by atoms with van der Waals surface area (Å²) in [4.78, 5) is 20.3. The summed E-state index contributed by atoms with van der Waals surface area (Å²) in [6.45, 7) is 2.39. The van der Waals surface area contributed by atoms with E-state index < -0.39 is 0 Å². The summed E-state index contributed by atoms with van der Waals surface area (Å²) in [6.07, 6.45) is 3.52. The Balaban J connectivity index is 2.05. The van der Waals surface area contributed by atoms with E-state index in [2.05, 4.69) is 10.1 Å². The second-order valence-corrected chi connectivity index (χ2v) is 4.32. The summed E-state index contributed by atoms with van der Waals surface area (Å²) < 4.78 is 5.07. The minimum Gasteiger partial charge on any atom is -0.462 e. The number of oxime groups is 1. The van der Waals surface area contributed by atoms with Gasteiger partial charge in [0.2, 0.25) is 0 Å². The highest BCUT2D eigenvalue weighted by Crippen LogP contribution is 2.23. The summed E-state index contributed by atoms with van der Waals surface area (Å²) in [5.41, 5.74) is 2.77. The molecule has 0 saturated carbocycles. The Morgan fingerprint density at radius 3 is 3.15 bits per heavy atom. The summed E-state index contributed by atoms with van der Waals surface area (Å²) in [6, 6.07) is 7.83. The number of carbonyl (C=O) groups is 1. The van der Waals surface area contributed by atoms with Gasteiger partial charge in [0.1, 0.15) is 12.3 Å². The zero-order valence-electron chi connectivity index (χ0n) is 11.1. The van der Waals surface area contributed by atoms with Crippen molar-refractivity contribution < 1.29 is 14.4 Å². The average Bonchev–Trinajstić information content (AvgIpc) is 2.91. The molecule has 20 heavy (non-hydrogen) atoms. The molecule has 1 N–H and O–H groups in total. The van der Waals surface area contributed by atoms with Crippen molar-refractivity contribution in [1.82, 2.24) is 4.98 Å². The molecule has 1 aliphatic rings. The number of fused-ring (bicyclic) bond motifs is 1. The second kappa shape index (κ2) is 5.21. The van der Waals surface area contributed by atoms with Crippen LogP contribution in [-0.4, -0.2) is 29.9 Å². The molecule has 5 nitrogen and oxygen atoms in total. The number of rotatable bonds is 3. The highest BCUT2D eigenvalue weighted by molar-refractivity contribution is 6.30. The van der Waals surface area contributed by atoms with Crippen molar-refractivity contribution >= 4 is 22.6 Å². The molecular formula is C15H14N2O3. The molecule has 1 aromatic carbocycles. The van der Waals surface area contributed by atoms with E-state index in [1.54, 1.807) is 13.0 Å². The molecule has 0 saturated heterocycles. The highest BCUT2D eigenvalue weighted by Gasteiger charge is 2.24. The first-order valence-corrected chi connectivity index (χ1v) is 6.45. The van der Waals surface area contributed by atoms with Gasteiger partial charge in [-0.2, -0.15) is 0 Å². The van der Waals surface area contributed by atoms with E-state index in [1.807, 2.05) is 30.5 Å². The number of nitrogens with one attached hydrogen (secondary N) is 1. The maximum Gasteiger partial charge on any atom is 0.340 e. The molecule has 102 valence electrons. The minimum atomic E-state index is -0.375. The molecule has 0 radical (unpaired) electrons. The largest absolute Gasteiger partial charge is 0.462 e. The summed E-state index contributed by atoms with van der Waals surface area (Å²) >= 11 is 0. The Morgan fingerprint density at radius 2 is 2.30 bits per heavy atom. The smallest absolute Gasteiger partial charge is 0.340 e. The molecule has 0 aliphatic carbocycles. The molecule has 0 fully saturated rings. The van der Waals surface area contributed by atoms with Crippen molar-refractivity contribution in [3.05, 3.63) is 47.7 Å². The predicted molar refractivity (Wildman–Crippen MR) is 75.5 cm³/mol. The third-order valence-electron chi connectivity index (χ3n) is 3.11. The summed E-state index contributed by atoms with van der Waals surface area (Å²) in [7, 11) is 0. The Bertz CT molecular complexity index is 713. The number of para-hydroxylation sites is 1. The molecule has 0 unspecified atom stereocenters. The quantitative estimate of drug-likeness (QED) is 0.871. The monoisotopic (exact) mass is 270 g/mol. The Kier molecular flexibility index (Phi) is 3.25. The van der Waals surface area contributed by atoms with Crippen LogP contribution in [0, 0.1) is 0 Å². The lowest BCUT2D eigenvalue weighted by atomic mass is 10.0. The molecule has 3 rings (SSSR count). The van der Waals surface area contributed by atoms with Crippen LogP contribution in [0.4, 0.5) is 0 Å². The average molecular weight is 270 g/mol. The fraction of sp³-hybridized carbons (Fsp3) is 0.200. The number of aromatic nitrogens is 1. The van der Waals surface area contributed by atoms with Gasteiger partial charge < -0.3 is 14.6 Å². The predicted octanol–water partition coefficient (Wildman–Crippen LogP) is 2.39. The molecule has 1 aromatic heterocycles. The van der Waals surface area contributed by atoms with Crippen molar-refractivity contribution in [2.45, 2.75) is 6.92 Å². The van der Waals surface area contributed by atoms with Crippen molar-refractivity contribution in [2.24, 2.45) is 5.16 Å². The van der Waals surface area contributed by atoms with Gasteiger partial charge in [0, 0.05) is 22.7 Å². The van der Waals surface area contributed by atoms with E-state index in [0.29, 0.717) is 17.9 Å². The molecule has 0 spiro atoms. The fourth-order valence-electron chi connectivity index (χ4n) is 2.22. The number of benzene rings is 1. The number of esters is 1. The van der Waals surface area contributed by atoms with Gasteiger partial charge in [-0.25, -0.2) is 4.79 Å². The summed E-state index contributed by atoms with van der Waals surface area (Å²) in [5, 5.41) is 5.03. The van der Waals surface area contributed by atoms with Crippen LogP contribution >= 0.6 is 0 Å². The van der Waals surface area contributed by atoms with Crippen LogP contribution in [0.15, 0.2) is 47.3 Å². The van der Waals surface area contributed by atoms with Crippen LogP contribution in [0.5, 0.6) is 0 Å². The fourth-order valence-corrected chi connectivity index (χ4v) is 2.22. The van der Waals surface area contributed by atoms with Crippen LogP contribution in [0.2, 0.25) is 0 Å². The van der Waals surface area contributed by atoms with Crippen LogP contribution < -0.4 is 0 Å². The Labute approximate surface area is 115 Å². The summed E-state index contributed by atoms with van der Waals surface area (Å²) in [5.74, 6) is -0.375. The maximum atomic E-state index is 12.0. The molecule has 0 bridgehead atoms. The topological polar surface area (TPSA) is 63.7 Å². The molecule has 5 heteroatoms. The second-order valence-electron chi connectivity index (χ2n) is 4.32. The van der Waals surface area contributed by atoms with Gasteiger partial charge in [0.15, 0.2) is 0 Å². The first-order valence-electron chi connectivity index (χ1n) is 6.45. The normalized spacial score (nSPS) is 14.4.